The molecule has 0 saturated carbocycles. The highest BCUT2D eigenvalue weighted by atomic mass is 16.1. The molecule has 1 aromatic rings. The molecule has 1 aliphatic rings. The van der Waals surface area contributed by atoms with Gasteiger partial charge in [-0.2, -0.15) is 5.26 Å². The Balaban J connectivity index is 2.11. The smallest absolute Gasteiger partial charge is 0.268 e. The fraction of sp³-hybridized carbons (Fsp3) is 0.600. The molecular formula is C15H21N3O. The third kappa shape index (κ3) is 3.05. The second-order valence-electron chi connectivity index (χ2n) is 5.38. The molecule has 0 aliphatic carbocycles. The second-order valence-corrected chi connectivity index (χ2v) is 5.38. The summed E-state index contributed by atoms with van der Waals surface area (Å²) >= 11 is 0. The highest BCUT2D eigenvalue weighted by Gasteiger charge is 2.19. The summed E-state index contributed by atoms with van der Waals surface area (Å²) in [4.78, 5) is 14.5. The molecule has 1 saturated heterocycles. The van der Waals surface area contributed by atoms with Crippen molar-refractivity contribution in [3.05, 3.63) is 33.7 Å². The van der Waals surface area contributed by atoms with Crippen molar-refractivity contribution >= 4 is 0 Å². The Kier molecular flexibility index (Phi) is 4.39. The van der Waals surface area contributed by atoms with Gasteiger partial charge < -0.3 is 9.47 Å². The SMILES string of the molecule is Cc1ccc(C#N)c(=O)n1CCC1CCCCN1C. The summed E-state index contributed by atoms with van der Waals surface area (Å²) in [7, 11) is 2.16. The van der Waals surface area contributed by atoms with Crippen molar-refractivity contribution in [1.29, 1.82) is 5.26 Å². The number of aromatic nitrogens is 1. The maximum absolute atomic E-state index is 12.1. The minimum atomic E-state index is -0.152. The molecule has 1 unspecified atom stereocenters. The second kappa shape index (κ2) is 6.03. The van der Waals surface area contributed by atoms with Crippen LogP contribution in [0.25, 0.3) is 0 Å². The Labute approximate surface area is 114 Å². The van der Waals surface area contributed by atoms with Crippen LogP contribution in [0.1, 0.15) is 36.9 Å². The Hall–Kier alpha value is -1.60. The van der Waals surface area contributed by atoms with E-state index in [1.54, 1.807) is 10.6 Å². The minimum Gasteiger partial charge on any atom is -0.312 e. The minimum absolute atomic E-state index is 0.152. The lowest BCUT2D eigenvalue weighted by Crippen LogP contribution is -2.38. The Morgan fingerprint density at radius 2 is 2.21 bits per heavy atom. The normalized spacial score (nSPS) is 20.2. The van der Waals surface area contributed by atoms with Gasteiger partial charge in [0.25, 0.3) is 5.56 Å². The molecule has 4 heteroatoms. The van der Waals surface area contributed by atoms with Crippen LogP contribution < -0.4 is 5.56 Å². The summed E-state index contributed by atoms with van der Waals surface area (Å²) in [6, 6.07) is 5.99. The number of hydrogen-bond donors (Lipinski definition) is 0. The quantitative estimate of drug-likeness (QED) is 0.833. The topological polar surface area (TPSA) is 49.0 Å². The molecule has 1 aliphatic heterocycles. The van der Waals surface area contributed by atoms with E-state index in [9.17, 15) is 4.79 Å². The van der Waals surface area contributed by atoms with Gasteiger partial charge in [0.15, 0.2) is 0 Å². The summed E-state index contributed by atoms with van der Waals surface area (Å²) in [6.45, 7) is 3.78. The van der Waals surface area contributed by atoms with Crippen molar-refractivity contribution in [3.8, 4) is 6.07 Å². The van der Waals surface area contributed by atoms with E-state index in [1.165, 1.54) is 19.3 Å². The van der Waals surface area contributed by atoms with Crippen molar-refractivity contribution in [2.75, 3.05) is 13.6 Å². The average molecular weight is 259 g/mol. The lowest BCUT2D eigenvalue weighted by molar-refractivity contribution is 0.170. The van der Waals surface area contributed by atoms with Gasteiger partial charge in [0.05, 0.1) is 0 Å². The Morgan fingerprint density at radius 1 is 1.42 bits per heavy atom. The van der Waals surface area contributed by atoms with Gasteiger partial charge in [-0.25, -0.2) is 0 Å². The first-order valence-electron chi connectivity index (χ1n) is 6.94. The first-order valence-corrected chi connectivity index (χ1v) is 6.94. The van der Waals surface area contributed by atoms with Crippen molar-refractivity contribution in [1.82, 2.24) is 9.47 Å². The van der Waals surface area contributed by atoms with Gasteiger partial charge in [-0.15, -0.1) is 0 Å². The van der Waals surface area contributed by atoms with Crippen LogP contribution in [0.5, 0.6) is 0 Å². The molecule has 0 radical (unpaired) electrons. The van der Waals surface area contributed by atoms with Gasteiger partial charge in [-0.05, 0) is 51.9 Å². The van der Waals surface area contributed by atoms with Crippen LogP contribution in [-0.4, -0.2) is 29.1 Å². The van der Waals surface area contributed by atoms with Gasteiger partial charge in [-0.1, -0.05) is 6.42 Å². The van der Waals surface area contributed by atoms with Crippen molar-refractivity contribution in [3.63, 3.8) is 0 Å². The van der Waals surface area contributed by atoms with Gasteiger partial charge in [0, 0.05) is 18.3 Å². The molecule has 0 aromatic carbocycles. The van der Waals surface area contributed by atoms with Crippen LogP contribution in [0, 0.1) is 18.3 Å². The molecule has 0 amide bonds. The zero-order valence-electron chi connectivity index (χ0n) is 11.7. The maximum atomic E-state index is 12.1. The van der Waals surface area contributed by atoms with Crippen LogP contribution in [0.3, 0.4) is 0 Å². The van der Waals surface area contributed by atoms with Gasteiger partial charge >= 0.3 is 0 Å². The fourth-order valence-electron chi connectivity index (χ4n) is 2.82. The molecule has 19 heavy (non-hydrogen) atoms. The van der Waals surface area contributed by atoms with Gasteiger partial charge in [0.1, 0.15) is 11.6 Å². The number of pyridine rings is 1. The van der Waals surface area contributed by atoms with E-state index in [-0.39, 0.29) is 11.1 Å². The van der Waals surface area contributed by atoms with E-state index in [0.717, 1.165) is 18.7 Å². The van der Waals surface area contributed by atoms with Crippen molar-refractivity contribution in [2.45, 2.75) is 45.2 Å². The lowest BCUT2D eigenvalue weighted by Gasteiger charge is -2.32. The van der Waals surface area contributed by atoms with E-state index in [1.807, 2.05) is 19.1 Å². The number of rotatable bonds is 3. The molecule has 0 bridgehead atoms. The van der Waals surface area contributed by atoms with Gasteiger partial charge in [0.2, 0.25) is 0 Å². The average Bonchev–Trinajstić information content (AvgIpc) is 2.40. The number of likely N-dealkylation sites (tertiary alicyclic amines) is 1. The third-order valence-corrected chi connectivity index (χ3v) is 4.12. The molecule has 1 fully saturated rings. The van der Waals surface area contributed by atoms with E-state index < -0.39 is 0 Å². The predicted molar refractivity (Wildman–Crippen MR) is 75.0 cm³/mol. The van der Waals surface area contributed by atoms with E-state index >= 15 is 0 Å². The summed E-state index contributed by atoms with van der Waals surface area (Å²) in [5.74, 6) is 0. The molecule has 1 atom stereocenters. The predicted octanol–water partition coefficient (Wildman–Crippen LogP) is 1.90. The fourth-order valence-corrected chi connectivity index (χ4v) is 2.82. The summed E-state index contributed by atoms with van der Waals surface area (Å²) < 4.78 is 1.74. The molecular weight excluding hydrogens is 238 g/mol. The molecule has 4 nitrogen and oxygen atoms in total. The maximum Gasteiger partial charge on any atom is 0.268 e. The largest absolute Gasteiger partial charge is 0.312 e. The number of piperidine rings is 1. The number of hydrogen-bond acceptors (Lipinski definition) is 3. The molecule has 0 N–H and O–H groups in total. The number of nitrogens with zero attached hydrogens (tertiary/aromatic N) is 3. The summed E-state index contributed by atoms with van der Waals surface area (Å²) in [5.41, 5.74) is 1.02. The Morgan fingerprint density at radius 3 is 2.89 bits per heavy atom. The number of nitriles is 1. The van der Waals surface area contributed by atoms with Crippen LogP contribution in [0.15, 0.2) is 16.9 Å². The van der Waals surface area contributed by atoms with Crippen LogP contribution in [0.4, 0.5) is 0 Å². The Bertz CT molecular complexity index is 541. The summed E-state index contributed by atoms with van der Waals surface area (Å²) in [6.07, 6.45) is 4.74. The van der Waals surface area contributed by atoms with Crippen LogP contribution in [-0.2, 0) is 6.54 Å². The van der Waals surface area contributed by atoms with E-state index in [2.05, 4.69) is 11.9 Å². The van der Waals surface area contributed by atoms with Crippen LogP contribution in [0.2, 0.25) is 0 Å². The molecule has 0 spiro atoms. The number of aryl methyl sites for hydroxylation is 1. The molecule has 2 rings (SSSR count). The highest BCUT2D eigenvalue weighted by molar-refractivity contribution is 5.27. The molecule has 1 aromatic heterocycles. The van der Waals surface area contributed by atoms with Crippen molar-refractivity contribution in [2.24, 2.45) is 0 Å². The lowest BCUT2D eigenvalue weighted by atomic mass is 10.00. The first kappa shape index (κ1) is 13.8. The molecule has 2 heterocycles. The monoisotopic (exact) mass is 259 g/mol. The van der Waals surface area contributed by atoms with E-state index in [0.29, 0.717) is 12.6 Å². The zero-order chi connectivity index (χ0) is 13.8. The highest BCUT2D eigenvalue weighted by Crippen LogP contribution is 2.18. The van der Waals surface area contributed by atoms with E-state index in [4.69, 9.17) is 5.26 Å². The zero-order valence-corrected chi connectivity index (χ0v) is 11.7. The standard InChI is InChI=1S/C15H21N3O/c1-12-6-7-13(11-16)15(19)18(12)10-8-14-5-3-4-9-17(14)2/h6-7,14H,3-5,8-10H2,1-2H3. The summed E-state index contributed by atoms with van der Waals surface area (Å²) in [5, 5.41) is 8.92. The molecule has 102 valence electrons. The van der Waals surface area contributed by atoms with Gasteiger partial charge in [-0.3, -0.25) is 4.79 Å². The third-order valence-electron chi connectivity index (χ3n) is 4.12. The van der Waals surface area contributed by atoms with Crippen molar-refractivity contribution < 1.29 is 0 Å². The van der Waals surface area contributed by atoms with Crippen LogP contribution >= 0.6 is 0 Å². The first-order chi connectivity index (χ1) is 9.13.